The van der Waals surface area contributed by atoms with Gasteiger partial charge in [-0.05, 0) is 93.0 Å². The topological polar surface area (TPSA) is 68.1 Å². The zero-order chi connectivity index (χ0) is 21.8. The van der Waals surface area contributed by atoms with Crippen LogP contribution in [0.5, 0.6) is 0 Å². The standard InChI is InChI=1S/C24H30N4O2S/c1-15-21(22(30)27(2)28(15)19-6-4-3-5-7-19)26-23(31)25-20(29)14-24-11-16-8-17(12-24)10-18(9-16)13-24/h3-7,16-18H,8-14H2,1-2H3,(H2,25,26,29,31). The lowest BCUT2D eigenvalue weighted by molar-refractivity contribution is -0.127. The summed E-state index contributed by atoms with van der Waals surface area (Å²) in [6.45, 7) is 1.87. The summed E-state index contributed by atoms with van der Waals surface area (Å²) in [4.78, 5) is 25.7. The quantitative estimate of drug-likeness (QED) is 0.711. The Bertz CT molecular complexity index is 1050. The van der Waals surface area contributed by atoms with Crippen LogP contribution in [0.2, 0.25) is 0 Å². The van der Waals surface area contributed by atoms with Crippen molar-refractivity contribution in [3.8, 4) is 5.69 Å². The molecule has 1 aromatic carbocycles. The fourth-order valence-electron chi connectivity index (χ4n) is 6.98. The van der Waals surface area contributed by atoms with Gasteiger partial charge in [0, 0.05) is 13.5 Å². The van der Waals surface area contributed by atoms with Crippen molar-refractivity contribution in [2.45, 2.75) is 51.9 Å². The number of anilines is 1. The van der Waals surface area contributed by atoms with Crippen LogP contribution in [0, 0.1) is 30.1 Å². The minimum absolute atomic E-state index is 0.0311. The molecule has 1 heterocycles. The first kappa shape index (κ1) is 20.5. The van der Waals surface area contributed by atoms with E-state index in [0.717, 1.165) is 29.1 Å². The average Bonchev–Trinajstić information content (AvgIpc) is 2.90. The third-order valence-electron chi connectivity index (χ3n) is 7.68. The number of hydrogen-bond acceptors (Lipinski definition) is 3. The molecule has 0 aliphatic heterocycles. The maximum atomic E-state index is 12.9. The lowest BCUT2D eigenvalue weighted by atomic mass is 9.49. The Morgan fingerprint density at radius 2 is 1.68 bits per heavy atom. The molecule has 1 aromatic heterocycles. The summed E-state index contributed by atoms with van der Waals surface area (Å²) in [5.74, 6) is 2.41. The van der Waals surface area contributed by atoms with Crippen molar-refractivity contribution >= 4 is 28.9 Å². The number of nitrogens with one attached hydrogen (secondary N) is 2. The summed E-state index contributed by atoms with van der Waals surface area (Å²) in [6, 6.07) is 9.70. The number of amides is 1. The number of carbonyl (C=O) groups is 1. The number of nitrogens with zero attached hydrogens (tertiary/aromatic N) is 2. The Labute approximate surface area is 188 Å². The monoisotopic (exact) mass is 438 g/mol. The molecular formula is C24H30N4O2S. The smallest absolute Gasteiger partial charge is 0.290 e. The molecule has 31 heavy (non-hydrogen) atoms. The highest BCUT2D eigenvalue weighted by molar-refractivity contribution is 7.80. The highest BCUT2D eigenvalue weighted by Crippen LogP contribution is 2.61. The van der Waals surface area contributed by atoms with Crippen molar-refractivity contribution in [1.29, 1.82) is 0 Å². The average molecular weight is 439 g/mol. The van der Waals surface area contributed by atoms with Gasteiger partial charge in [0.2, 0.25) is 5.91 Å². The number of hydrogen-bond donors (Lipinski definition) is 2. The molecule has 0 radical (unpaired) electrons. The van der Waals surface area contributed by atoms with Crippen molar-refractivity contribution in [2.75, 3.05) is 5.32 Å². The molecule has 4 bridgehead atoms. The van der Waals surface area contributed by atoms with Gasteiger partial charge >= 0.3 is 0 Å². The number of rotatable bonds is 4. The minimum Gasteiger partial charge on any atom is -0.326 e. The molecule has 4 aliphatic rings. The molecule has 6 rings (SSSR count). The molecule has 1 amide bonds. The largest absolute Gasteiger partial charge is 0.326 e. The molecule has 4 fully saturated rings. The lowest BCUT2D eigenvalue weighted by Gasteiger charge is -2.56. The van der Waals surface area contributed by atoms with E-state index in [1.165, 1.54) is 38.5 Å². The van der Waals surface area contributed by atoms with E-state index in [-0.39, 0.29) is 22.0 Å². The van der Waals surface area contributed by atoms with Gasteiger partial charge < -0.3 is 10.6 Å². The van der Waals surface area contributed by atoms with Crippen LogP contribution >= 0.6 is 12.2 Å². The van der Waals surface area contributed by atoms with Gasteiger partial charge in [0.25, 0.3) is 5.56 Å². The van der Waals surface area contributed by atoms with E-state index >= 15 is 0 Å². The lowest BCUT2D eigenvalue weighted by Crippen LogP contribution is -2.48. The van der Waals surface area contributed by atoms with E-state index < -0.39 is 0 Å². The second-order valence-electron chi connectivity index (χ2n) is 10.0. The zero-order valence-electron chi connectivity index (χ0n) is 18.2. The molecule has 7 heteroatoms. The number of benzene rings is 1. The molecule has 4 saturated carbocycles. The van der Waals surface area contributed by atoms with Crippen molar-refractivity contribution in [2.24, 2.45) is 30.2 Å². The second kappa shape index (κ2) is 7.62. The summed E-state index contributed by atoms with van der Waals surface area (Å²) >= 11 is 5.41. The normalized spacial score (nSPS) is 28.5. The van der Waals surface area contributed by atoms with Crippen LogP contribution in [0.3, 0.4) is 0 Å². The van der Waals surface area contributed by atoms with E-state index in [1.54, 1.807) is 11.7 Å². The van der Waals surface area contributed by atoms with Crippen molar-refractivity contribution in [1.82, 2.24) is 14.7 Å². The molecule has 2 N–H and O–H groups in total. The van der Waals surface area contributed by atoms with Gasteiger partial charge in [-0.3, -0.25) is 14.3 Å². The van der Waals surface area contributed by atoms with Crippen LogP contribution in [0.4, 0.5) is 5.69 Å². The van der Waals surface area contributed by atoms with Gasteiger partial charge in [0.05, 0.1) is 11.4 Å². The molecule has 164 valence electrons. The van der Waals surface area contributed by atoms with Gasteiger partial charge in [-0.25, -0.2) is 4.68 Å². The SMILES string of the molecule is Cc1c(NC(=S)NC(=O)CC23CC4CC(CC(C4)C2)C3)c(=O)n(C)n1-c1ccccc1. The Hall–Kier alpha value is -2.41. The molecular weight excluding hydrogens is 408 g/mol. The van der Waals surface area contributed by atoms with Gasteiger partial charge in [0.1, 0.15) is 5.69 Å². The van der Waals surface area contributed by atoms with Crippen LogP contribution in [-0.4, -0.2) is 20.4 Å². The summed E-state index contributed by atoms with van der Waals surface area (Å²) in [6.07, 6.45) is 8.19. The highest BCUT2D eigenvalue weighted by atomic mass is 32.1. The predicted molar refractivity (Wildman–Crippen MR) is 125 cm³/mol. The molecule has 0 saturated heterocycles. The van der Waals surface area contributed by atoms with Gasteiger partial charge in [-0.15, -0.1) is 0 Å². The first-order chi connectivity index (χ1) is 14.8. The molecule has 0 unspecified atom stereocenters. The third kappa shape index (κ3) is 3.73. The van der Waals surface area contributed by atoms with E-state index in [9.17, 15) is 9.59 Å². The number of para-hydroxylation sites is 1. The van der Waals surface area contributed by atoms with Crippen LogP contribution in [0.1, 0.15) is 50.6 Å². The molecule has 4 aliphatic carbocycles. The Morgan fingerprint density at radius 3 is 2.26 bits per heavy atom. The van der Waals surface area contributed by atoms with E-state index in [1.807, 2.05) is 41.9 Å². The maximum absolute atomic E-state index is 12.9. The molecule has 6 nitrogen and oxygen atoms in total. The van der Waals surface area contributed by atoms with Gasteiger partial charge in [-0.2, -0.15) is 0 Å². The van der Waals surface area contributed by atoms with Crippen molar-refractivity contribution in [3.63, 3.8) is 0 Å². The molecule has 0 spiro atoms. The molecule has 2 aromatic rings. The number of carbonyl (C=O) groups excluding carboxylic acids is 1. The number of thiocarbonyl (C=S) groups is 1. The van der Waals surface area contributed by atoms with Gasteiger partial charge in [0.15, 0.2) is 5.11 Å². The van der Waals surface area contributed by atoms with Crippen molar-refractivity contribution in [3.05, 3.63) is 46.4 Å². The maximum Gasteiger partial charge on any atom is 0.290 e. The van der Waals surface area contributed by atoms with Crippen LogP contribution in [-0.2, 0) is 11.8 Å². The fraction of sp³-hybridized carbons (Fsp3) is 0.542. The zero-order valence-corrected chi connectivity index (χ0v) is 19.0. The fourth-order valence-corrected chi connectivity index (χ4v) is 7.20. The van der Waals surface area contributed by atoms with E-state index in [2.05, 4.69) is 10.6 Å². The third-order valence-corrected chi connectivity index (χ3v) is 7.88. The second-order valence-corrected chi connectivity index (χ2v) is 10.4. The first-order valence-electron chi connectivity index (χ1n) is 11.3. The first-order valence-corrected chi connectivity index (χ1v) is 11.7. The summed E-state index contributed by atoms with van der Waals surface area (Å²) < 4.78 is 3.39. The summed E-state index contributed by atoms with van der Waals surface area (Å²) in [5, 5.41) is 6.04. The summed E-state index contributed by atoms with van der Waals surface area (Å²) in [5.41, 5.74) is 2.02. The minimum atomic E-state index is -0.181. The summed E-state index contributed by atoms with van der Waals surface area (Å²) in [7, 11) is 1.72. The van der Waals surface area contributed by atoms with Crippen LogP contribution in [0.15, 0.2) is 35.1 Å². The number of aromatic nitrogens is 2. The van der Waals surface area contributed by atoms with Gasteiger partial charge in [-0.1, -0.05) is 18.2 Å². The Balaban J connectivity index is 1.27. The molecule has 0 atom stereocenters. The van der Waals surface area contributed by atoms with E-state index in [0.29, 0.717) is 12.1 Å². The highest BCUT2D eigenvalue weighted by Gasteiger charge is 2.51. The Morgan fingerprint density at radius 1 is 1.10 bits per heavy atom. The van der Waals surface area contributed by atoms with Crippen LogP contribution in [0.25, 0.3) is 5.69 Å². The Kier molecular flexibility index (Phi) is 5.04. The van der Waals surface area contributed by atoms with E-state index in [4.69, 9.17) is 12.2 Å². The predicted octanol–water partition coefficient (Wildman–Crippen LogP) is 3.90. The van der Waals surface area contributed by atoms with Crippen molar-refractivity contribution < 1.29 is 4.79 Å². The van der Waals surface area contributed by atoms with Crippen LogP contribution < -0.4 is 16.2 Å².